The second-order valence-corrected chi connectivity index (χ2v) is 6.23. The largest absolute Gasteiger partial charge is 0.423 e. The SMILES string of the molecule is O=C(N/N=C\c1ccc(OC(=O)c2ccccc2Br)cc1)c1cccnc1. The molecule has 1 amide bonds. The lowest BCUT2D eigenvalue weighted by molar-refractivity contribution is 0.0733. The highest BCUT2D eigenvalue weighted by molar-refractivity contribution is 9.10. The van der Waals surface area contributed by atoms with Gasteiger partial charge in [0.05, 0.1) is 17.3 Å². The van der Waals surface area contributed by atoms with Gasteiger partial charge in [-0.15, -0.1) is 0 Å². The van der Waals surface area contributed by atoms with Crippen LogP contribution < -0.4 is 10.2 Å². The Labute approximate surface area is 164 Å². The monoisotopic (exact) mass is 423 g/mol. The summed E-state index contributed by atoms with van der Waals surface area (Å²) in [5, 5.41) is 3.90. The predicted molar refractivity (Wildman–Crippen MR) is 105 cm³/mol. The van der Waals surface area contributed by atoms with Crippen LogP contribution in [0.4, 0.5) is 0 Å². The first-order valence-corrected chi connectivity index (χ1v) is 8.73. The van der Waals surface area contributed by atoms with Gasteiger partial charge in [-0.2, -0.15) is 5.10 Å². The number of benzene rings is 2. The topological polar surface area (TPSA) is 80.6 Å². The van der Waals surface area contributed by atoms with Crippen molar-refractivity contribution in [2.24, 2.45) is 5.10 Å². The van der Waals surface area contributed by atoms with Crippen LogP contribution in [-0.4, -0.2) is 23.1 Å². The van der Waals surface area contributed by atoms with E-state index in [1.54, 1.807) is 60.8 Å². The summed E-state index contributed by atoms with van der Waals surface area (Å²) in [5.41, 5.74) is 4.03. The first kappa shape index (κ1) is 18.5. The van der Waals surface area contributed by atoms with E-state index in [0.29, 0.717) is 21.3 Å². The van der Waals surface area contributed by atoms with E-state index in [0.717, 1.165) is 5.56 Å². The van der Waals surface area contributed by atoms with Crippen LogP contribution >= 0.6 is 15.9 Å². The zero-order chi connectivity index (χ0) is 19.1. The van der Waals surface area contributed by atoms with Gasteiger partial charge in [-0.1, -0.05) is 12.1 Å². The van der Waals surface area contributed by atoms with Gasteiger partial charge >= 0.3 is 5.97 Å². The number of hydrogen-bond donors (Lipinski definition) is 1. The second-order valence-electron chi connectivity index (χ2n) is 5.38. The Morgan fingerprint density at radius 3 is 2.52 bits per heavy atom. The highest BCUT2D eigenvalue weighted by atomic mass is 79.9. The third-order valence-corrected chi connectivity index (χ3v) is 4.18. The van der Waals surface area contributed by atoms with Crippen LogP contribution in [0.2, 0.25) is 0 Å². The Morgan fingerprint density at radius 1 is 1.04 bits per heavy atom. The molecule has 1 aromatic heterocycles. The lowest BCUT2D eigenvalue weighted by Crippen LogP contribution is -2.17. The molecule has 7 heteroatoms. The maximum absolute atomic E-state index is 12.2. The van der Waals surface area contributed by atoms with E-state index in [4.69, 9.17) is 4.74 Å². The normalized spacial score (nSPS) is 10.6. The molecular weight excluding hydrogens is 410 g/mol. The molecule has 0 bridgehead atoms. The molecule has 0 aliphatic carbocycles. The number of carbonyl (C=O) groups is 2. The van der Waals surface area contributed by atoms with Gasteiger partial charge in [0.25, 0.3) is 5.91 Å². The van der Waals surface area contributed by atoms with E-state index >= 15 is 0 Å². The number of hydrazone groups is 1. The van der Waals surface area contributed by atoms with Gasteiger partial charge in [-0.25, -0.2) is 10.2 Å². The van der Waals surface area contributed by atoms with Crippen LogP contribution in [0.1, 0.15) is 26.3 Å². The number of nitrogens with zero attached hydrogens (tertiary/aromatic N) is 2. The van der Waals surface area contributed by atoms with Crippen LogP contribution in [-0.2, 0) is 0 Å². The van der Waals surface area contributed by atoms with Crippen LogP contribution in [0.3, 0.4) is 0 Å². The molecule has 0 spiro atoms. The number of carbonyl (C=O) groups excluding carboxylic acids is 2. The second kappa shape index (κ2) is 8.86. The zero-order valence-electron chi connectivity index (χ0n) is 14.0. The van der Waals surface area contributed by atoms with E-state index in [2.05, 4.69) is 31.4 Å². The van der Waals surface area contributed by atoms with Gasteiger partial charge in [0.1, 0.15) is 5.75 Å². The molecule has 0 saturated carbocycles. The fourth-order valence-electron chi connectivity index (χ4n) is 2.14. The summed E-state index contributed by atoms with van der Waals surface area (Å²) in [5.74, 6) is -0.390. The van der Waals surface area contributed by atoms with Crippen molar-refractivity contribution in [3.63, 3.8) is 0 Å². The lowest BCUT2D eigenvalue weighted by atomic mass is 10.2. The zero-order valence-corrected chi connectivity index (χ0v) is 15.6. The summed E-state index contributed by atoms with van der Waals surface area (Å²) < 4.78 is 6.02. The summed E-state index contributed by atoms with van der Waals surface area (Å²) in [6, 6.07) is 17.1. The molecule has 0 aliphatic heterocycles. The van der Waals surface area contributed by atoms with E-state index in [9.17, 15) is 9.59 Å². The average Bonchev–Trinajstić information content (AvgIpc) is 2.70. The van der Waals surface area contributed by atoms with Crippen molar-refractivity contribution in [1.82, 2.24) is 10.4 Å². The molecule has 134 valence electrons. The first-order valence-electron chi connectivity index (χ1n) is 7.94. The quantitative estimate of drug-likeness (QED) is 0.292. The number of pyridine rings is 1. The van der Waals surface area contributed by atoms with Crippen molar-refractivity contribution in [1.29, 1.82) is 0 Å². The molecule has 1 N–H and O–H groups in total. The molecule has 6 nitrogen and oxygen atoms in total. The molecular formula is C20H14BrN3O3. The standard InChI is InChI=1S/C20H14BrN3O3/c21-18-6-2-1-5-17(18)20(26)27-16-9-7-14(8-10-16)12-23-24-19(25)15-4-3-11-22-13-15/h1-13H,(H,24,25)/b23-12-. The van der Waals surface area contributed by atoms with Crippen molar-refractivity contribution in [3.8, 4) is 5.75 Å². The van der Waals surface area contributed by atoms with Gasteiger partial charge < -0.3 is 4.74 Å². The summed E-state index contributed by atoms with van der Waals surface area (Å²) in [7, 11) is 0. The van der Waals surface area contributed by atoms with Crippen molar-refractivity contribution >= 4 is 34.0 Å². The molecule has 1 heterocycles. The van der Waals surface area contributed by atoms with Gasteiger partial charge in [0.2, 0.25) is 0 Å². The number of amides is 1. The van der Waals surface area contributed by atoms with Crippen LogP contribution in [0.5, 0.6) is 5.75 Å². The third-order valence-electron chi connectivity index (χ3n) is 3.49. The van der Waals surface area contributed by atoms with Gasteiger partial charge in [-0.3, -0.25) is 9.78 Å². The number of halogens is 1. The van der Waals surface area contributed by atoms with Crippen molar-refractivity contribution in [3.05, 3.63) is 94.2 Å². The van der Waals surface area contributed by atoms with E-state index in [1.165, 1.54) is 12.4 Å². The fourth-order valence-corrected chi connectivity index (χ4v) is 2.58. The number of ether oxygens (including phenoxy) is 1. The van der Waals surface area contributed by atoms with E-state index in [-0.39, 0.29) is 5.91 Å². The van der Waals surface area contributed by atoms with E-state index in [1.807, 2.05) is 6.07 Å². The molecule has 0 atom stereocenters. The molecule has 2 aromatic carbocycles. The Morgan fingerprint density at radius 2 is 1.81 bits per heavy atom. The molecule has 3 aromatic rings. The van der Waals surface area contributed by atoms with Crippen molar-refractivity contribution in [2.75, 3.05) is 0 Å². The van der Waals surface area contributed by atoms with E-state index < -0.39 is 5.97 Å². The van der Waals surface area contributed by atoms with Crippen LogP contribution in [0.15, 0.2) is 82.6 Å². The number of esters is 1. The molecule has 0 aliphatic rings. The number of nitrogens with one attached hydrogen (secondary N) is 1. The summed E-state index contributed by atoms with van der Waals surface area (Å²) >= 11 is 3.32. The Kier molecular flexibility index (Phi) is 6.06. The third kappa shape index (κ3) is 5.08. The maximum Gasteiger partial charge on any atom is 0.344 e. The van der Waals surface area contributed by atoms with Gasteiger partial charge in [-0.05, 0) is 70.0 Å². The summed E-state index contributed by atoms with van der Waals surface area (Å²) in [6.45, 7) is 0. The Balaban J connectivity index is 1.58. The minimum Gasteiger partial charge on any atom is -0.423 e. The van der Waals surface area contributed by atoms with Crippen molar-refractivity contribution in [2.45, 2.75) is 0 Å². The minimum atomic E-state index is -0.451. The molecule has 27 heavy (non-hydrogen) atoms. The smallest absolute Gasteiger partial charge is 0.344 e. The lowest BCUT2D eigenvalue weighted by Gasteiger charge is -2.06. The fraction of sp³-hybridized carbons (Fsp3) is 0. The molecule has 0 unspecified atom stereocenters. The predicted octanol–water partition coefficient (Wildman–Crippen LogP) is 3.83. The number of hydrogen-bond acceptors (Lipinski definition) is 5. The average molecular weight is 424 g/mol. The molecule has 0 saturated heterocycles. The van der Waals surface area contributed by atoms with Gasteiger partial charge in [0.15, 0.2) is 0 Å². The molecule has 0 fully saturated rings. The summed E-state index contributed by atoms with van der Waals surface area (Å²) in [6.07, 6.45) is 4.54. The number of aromatic nitrogens is 1. The highest BCUT2D eigenvalue weighted by Gasteiger charge is 2.11. The van der Waals surface area contributed by atoms with Crippen LogP contribution in [0.25, 0.3) is 0 Å². The van der Waals surface area contributed by atoms with Crippen LogP contribution in [0, 0.1) is 0 Å². The Bertz CT molecular complexity index is 973. The summed E-state index contributed by atoms with van der Waals surface area (Å²) in [4.78, 5) is 27.9. The molecule has 3 rings (SSSR count). The van der Waals surface area contributed by atoms with Crippen molar-refractivity contribution < 1.29 is 14.3 Å². The number of rotatable bonds is 5. The first-order chi connectivity index (χ1) is 13.1. The minimum absolute atomic E-state index is 0.349. The Hall–Kier alpha value is -3.32. The highest BCUT2D eigenvalue weighted by Crippen LogP contribution is 2.19. The maximum atomic E-state index is 12.2. The van der Waals surface area contributed by atoms with Gasteiger partial charge in [0, 0.05) is 16.9 Å². The molecule has 0 radical (unpaired) electrons.